The normalized spacial score (nSPS) is 23.4. The predicted octanol–water partition coefficient (Wildman–Crippen LogP) is 8.64. The van der Waals surface area contributed by atoms with E-state index in [1.54, 1.807) is 0 Å². The summed E-state index contributed by atoms with van der Waals surface area (Å²) in [6.07, 6.45) is 6.30. The minimum atomic E-state index is 0.356. The Morgan fingerprint density at radius 1 is 0.576 bits per heavy atom. The summed E-state index contributed by atoms with van der Waals surface area (Å²) in [4.78, 5) is 0. The first kappa shape index (κ1) is 23.8. The molecule has 174 valence electrons. The summed E-state index contributed by atoms with van der Waals surface area (Å²) in [5.41, 5.74) is 7.58. The van der Waals surface area contributed by atoms with Crippen molar-refractivity contribution in [3.8, 4) is 0 Å². The molecule has 1 aliphatic carbocycles. The van der Waals surface area contributed by atoms with Gasteiger partial charge in [-0.25, -0.2) is 0 Å². The third-order valence-electron chi connectivity index (χ3n) is 8.16. The van der Waals surface area contributed by atoms with E-state index in [1.807, 2.05) is 0 Å². The van der Waals surface area contributed by atoms with Crippen LogP contribution in [0.25, 0.3) is 0 Å². The molecule has 3 aromatic rings. The Kier molecular flexibility index (Phi) is 7.42. The minimum Gasteiger partial charge on any atom is -0.0622 e. The maximum absolute atomic E-state index is 2.46. The molecule has 0 N–H and O–H groups in total. The second-order valence-corrected chi connectivity index (χ2v) is 11.8. The van der Waals surface area contributed by atoms with Crippen molar-refractivity contribution in [2.75, 3.05) is 0 Å². The van der Waals surface area contributed by atoms with E-state index in [-0.39, 0.29) is 0 Å². The Morgan fingerprint density at radius 3 is 1.42 bits per heavy atom. The molecule has 0 aromatic heterocycles. The highest BCUT2D eigenvalue weighted by Gasteiger charge is 2.41. The number of benzene rings is 3. The number of hydrogen-bond acceptors (Lipinski definition) is 0. The summed E-state index contributed by atoms with van der Waals surface area (Å²) in [5.74, 6) is 2.94. The van der Waals surface area contributed by atoms with Crippen molar-refractivity contribution in [1.82, 2.24) is 0 Å². The van der Waals surface area contributed by atoms with Crippen LogP contribution >= 0.6 is 0 Å². The third-order valence-corrected chi connectivity index (χ3v) is 8.16. The fourth-order valence-electron chi connectivity index (χ4n) is 6.01. The van der Waals surface area contributed by atoms with E-state index in [0.29, 0.717) is 11.3 Å². The molecule has 0 heteroatoms. The lowest BCUT2D eigenvalue weighted by molar-refractivity contribution is 0.0470. The molecule has 3 aromatic carbocycles. The highest BCUT2D eigenvalue weighted by Crippen LogP contribution is 2.48. The van der Waals surface area contributed by atoms with Gasteiger partial charge in [0.15, 0.2) is 0 Å². The fraction of sp³-hybridized carbons (Fsp3) is 0.455. The molecule has 2 unspecified atom stereocenters. The van der Waals surface area contributed by atoms with Gasteiger partial charge in [0.2, 0.25) is 0 Å². The Balaban J connectivity index is 1.66. The molecule has 0 spiro atoms. The van der Waals surface area contributed by atoms with Gasteiger partial charge in [0.25, 0.3) is 0 Å². The molecule has 4 rings (SSSR count). The van der Waals surface area contributed by atoms with Crippen LogP contribution in [0.2, 0.25) is 0 Å². The highest BCUT2D eigenvalue weighted by atomic mass is 14.5. The van der Waals surface area contributed by atoms with Gasteiger partial charge in [0.1, 0.15) is 0 Å². The average Bonchev–Trinajstić information content (AvgIpc) is 2.79. The van der Waals surface area contributed by atoms with Gasteiger partial charge >= 0.3 is 0 Å². The van der Waals surface area contributed by atoms with Gasteiger partial charge in [-0.3, -0.25) is 0 Å². The molecule has 1 saturated carbocycles. The summed E-state index contributed by atoms with van der Waals surface area (Å²) in [7, 11) is 0. The largest absolute Gasteiger partial charge is 0.0622 e. The van der Waals surface area contributed by atoms with E-state index in [4.69, 9.17) is 0 Å². The third kappa shape index (κ3) is 6.38. The van der Waals surface area contributed by atoms with Crippen molar-refractivity contribution < 1.29 is 0 Å². The SMILES string of the molecule is Cc1ccc(CC2CC(C(C)(C)C)CC(Cc3ccc(C)cc3)C2Cc2ccccc2)cc1. The van der Waals surface area contributed by atoms with E-state index in [2.05, 4.69) is 113 Å². The van der Waals surface area contributed by atoms with Gasteiger partial charge < -0.3 is 0 Å². The molecule has 0 radical (unpaired) electrons. The van der Waals surface area contributed by atoms with E-state index in [9.17, 15) is 0 Å². The van der Waals surface area contributed by atoms with Crippen LogP contribution in [0.4, 0.5) is 0 Å². The van der Waals surface area contributed by atoms with Crippen LogP contribution in [-0.4, -0.2) is 0 Å². The molecular formula is C33H42. The first-order chi connectivity index (χ1) is 15.8. The summed E-state index contributed by atoms with van der Waals surface area (Å²) in [6.45, 7) is 11.8. The molecular weight excluding hydrogens is 396 g/mol. The lowest BCUT2D eigenvalue weighted by Gasteiger charge is -2.47. The zero-order chi connectivity index (χ0) is 23.4. The molecule has 2 atom stereocenters. The zero-order valence-electron chi connectivity index (χ0n) is 21.4. The minimum absolute atomic E-state index is 0.356. The molecule has 0 saturated heterocycles. The summed E-state index contributed by atoms with van der Waals surface area (Å²) >= 11 is 0. The lowest BCUT2D eigenvalue weighted by atomic mass is 9.58. The summed E-state index contributed by atoms with van der Waals surface area (Å²) < 4.78 is 0. The van der Waals surface area contributed by atoms with Crippen LogP contribution in [0.1, 0.15) is 61.4 Å². The molecule has 1 aliphatic rings. The molecule has 0 heterocycles. The first-order valence-corrected chi connectivity index (χ1v) is 12.9. The molecule has 0 nitrogen and oxygen atoms in total. The fourth-order valence-corrected chi connectivity index (χ4v) is 6.01. The Labute approximate surface area is 202 Å². The van der Waals surface area contributed by atoms with Crippen LogP contribution < -0.4 is 0 Å². The number of rotatable bonds is 6. The Hall–Kier alpha value is -2.34. The van der Waals surface area contributed by atoms with Crippen molar-refractivity contribution in [2.45, 2.75) is 66.7 Å². The van der Waals surface area contributed by atoms with Crippen LogP contribution in [0.15, 0.2) is 78.9 Å². The lowest BCUT2D eigenvalue weighted by Crippen LogP contribution is -2.40. The molecule has 1 fully saturated rings. The van der Waals surface area contributed by atoms with E-state index < -0.39 is 0 Å². The van der Waals surface area contributed by atoms with E-state index in [0.717, 1.165) is 17.8 Å². The van der Waals surface area contributed by atoms with Gasteiger partial charge in [-0.05, 0) is 91.7 Å². The number of hydrogen-bond donors (Lipinski definition) is 0. The van der Waals surface area contributed by atoms with Crippen molar-refractivity contribution in [3.63, 3.8) is 0 Å². The predicted molar refractivity (Wildman–Crippen MR) is 143 cm³/mol. The van der Waals surface area contributed by atoms with Crippen LogP contribution in [0, 0.1) is 42.9 Å². The molecule has 33 heavy (non-hydrogen) atoms. The first-order valence-electron chi connectivity index (χ1n) is 12.9. The van der Waals surface area contributed by atoms with Crippen molar-refractivity contribution in [1.29, 1.82) is 0 Å². The van der Waals surface area contributed by atoms with Gasteiger partial charge in [0.05, 0.1) is 0 Å². The summed E-state index contributed by atoms with van der Waals surface area (Å²) in [6, 6.07) is 29.8. The molecule has 0 bridgehead atoms. The molecule has 0 aliphatic heterocycles. The van der Waals surface area contributed by atoms with Crippen molar-refractivity contribution in [3.05, 3.63) is 107 Å². The molecule has 0 amide bonds. The van der Waals surface area contributed by atoms with E-state index >= 15 is 0 Å². The Morgan fingerprint density at radius 2 is 1.00 bits per heavy atom. The second kappa shape index (κ2) is 10.3. The quantitative estimate of drug-likeness (QED) is 0.361. The van der Waals surface area contributed by atoms with Gasteiger partial charge in [-0.2, -0.15) is 0 Å². The topological polar surface area (TPSA) is 0 Å². The zero-order valence-corrected chi connectivity index (χ0v) is 21.4. The van der Waals surface area contributed by atoms with Crippen molar-refractivity contribution in [2.24, 2.45) is 29.1 Å². The maximum Gasteiger partial charge on any atom is -0.0245 e. The average molecular weight is 439 g/mol. The van der Waals surface area contributed by atoms with Gasteiger partial charge in [0, 0.05) is 0 Å². The monoisotopic (exact) mass is 438 g/mol. The van der Waals surface area contributed by atoms with Crippen LogP contribution in [-0.2, 0) is 19.3 Å². The summed E-state index contributed by atoms with van der Waals surface area (Å²) in [5, 5.41) is 0. The van der Waals surface area contributed by atoms with Crippen molar-refractivity contribution >= 4 is 0 Å². The number of aryl methyl sites for hydroxylation is 2. The van der Waals surface area contributed by atoms with Gasteiger partial charge in [-0.15, -0.1) is 0 Å². The van der Waals surface area contributed by atoms with Crippen LogP contribution in [0.5, 0.6) is 0 Å². The van der Waals surface area contributed by atoms with Crippen LogP contribution in [0.3, 0.4) is 0 Å². The maximum atomic E-state index is 2.46. The highest BCUT2D eigenvalue weighted by molar-refractivity contribution is 5.24. The van der Waals surface area contributed by atoms with Gasteiger partial charge in [-0.1, -0.05) is 111 Å². The second-order valence-electron chi connectivity index (χ2n) is 11.8. The Bertz CT molecular complexity index is 931. The smallest absolute Gasteiger partial charge is 0.0245 e. The van der Waals surface area contributed by atoms with E-state index in [1.165, 1.54) is 59.9 Å². The standard InChI is InChI=1S/C33H42/c1-24-11-15-27(16-12-24)19-29-22-31(33(3,4)5)23-30(20-28-17-13-25(2)14-18-28)32(29)21-26-9-7-6-8-10-26/h6-18,29-32H,19-23H2,1-5H3.